The SMILES string of the molecule is CCCCP(O)CCCC.[I][Ir][I]. The van der Waals surface area contributed by atoms with Crippen LogP contribution in [0, 0.1) is 0 Å². The summed E-state index contributed by atoms with van der Waals surface area (Å²) in [5, 5.41) is 0. The molecule has 0 bridgehead atoms. The van der Waals surface area contributed by atoms with E-state index in [9.17, 15) is 4.89 Å². The van der Waals surface area contributed by atoms with E-state index in [0.29, 0.717) is 10.5 Å². The van der Waals surface area contributed by atoms with E-state index in [4.69, 9.17) is 0 Å². The zero-order valence-corrected chi connectivity index (χ0v) is 15.8. The third-order valence-electron chi connectivity index (χ3n) is 1.54. The van der Waals surface area contributed by atoms with Crippen molar-refractivity contribution in [1.29, 1.82) is 0 Å². The molecule has 0 saturated heterocycles. The summed E-state index contributed by atoms with van der Waals surface area (Å²) in [5.41, 5.74) is 0. The van der Waals surface area contributed by atoms with Crippen LogP contribution in [0.1, 0.15) is 39.5 Å². The molecule has 0 aromatic heterocycles. The van der Waals surface area contributed by atoms with Gasteiger partial charge in [0, 0.05) is 8.15 Å². The maximum atomic E-state index is 9.38. The fraction of sp³-hybridized carbons (Fsp3) is 1.00. The summed E-state index contributed by atoms with van der Waals surface area (Å²) in [7, 11) is -0.152. The van der Waals surface area contributed by atoms with Crippen LogP contribution in [0.2, 0.25) is 0 Å². The van der Waals surface area contributed by atoms with Gasteiger partial charge in [0.2, 0.25) is 0 Å². The van der Waals surface area contributed by atoms with Gasteiger partial charge < -0.3 is 4.89 Å². The first-order valence-electron chi connectivity index (χ1n) is 4.50. The molecule has 0 atom stereocenters. The van der Waals surface area contributed by atoms with Gasteiger partial charge in [-0.25, -0.2) is 0 Å². The van der Waals surface area contributed by atoms with E-state index in [1.807, 2.05) is 0 Å². The molecule has 5 heteroatoms. The molecule has 0 heterocycles. The quantitative estimate of drug-likeness (QED) is 0.342. The van der Waals surface area contributed by atoms with E-state index in [2.05, 4.69) is 53.0 Å². The van der Waals surface area contributed by atoms with Crippen LogP contribution in [0.15, 0.2) is 0 Å². The van der Waals surface area contributed by atoms with Gasteiger partial charge in [-0.15, -0.1) is 0 Å². The Morgan fingerprint density at radius 3 is 1.62 bits per heavy atom. The standard InChI is InChI=1S/C8H19OP.2HI.Ir/c1-3-5-7-10(9)8-6-4-2;;;/h9H,3-8H2,1-2H3;2*1H;/q;;;+2/p-2. The Kier molecular flexibility index (Phi) is 23.3. The number of halogens is 2. The molecule has 0 aliphatic carbocycles. The zero-order chi connectivity index (χ0) is 10.5. The van der Waals surface area contributed by atoms with Crippen molar-refractivity contribution in [1.82, 2.24) is 0 Å². The normalized spacial score (nSPS) is 10.0. The topological polar surface area (TPSA) is 20.2 Å². The Morgan fingerprint density at radius 1 is 1.08 bits per heavy atom. The van der Waals surface area contributed by atoms with Crippen molar-refractivity contribution < 1.29 is 15.4 Å². The molecule has 0 unspecified atom stereocenters. The van der Waals surface area contributed by atoms with Crippen LogP contribution < -0.4 is 0 Å². The first kappa shape index (κ1) is 17.9. The molecule has 0 aliphatic rings. The molecule has 85 valence electrons. The molecular weight excluding hydrogens is 589 g/mol. The van der Waals surface area contributed by atoms with Crippen molar-refractivity contribution in [2.75, 3.05) is 12.3 Å². The monoisotopic (exact) mass is 609 g/mol. The van der Waals surface area contributed by atoms with E-state index in [0.717, 1.165) is 12.3 Å². The molecule has 1 nitrogen and oxygen atoms in total. The number of rotatable bonds is 6. The number of hydrogen-bond acceptors (Lipinski definition) is 1. The summed E-state index contributed by atoms with van der Waals surface area (Å²) in [6, 6.07) is 0. The van der Waals surface area contributed by atoms with Crippen LogP contribution in [0.5, 0.6) is 0 Å². The van der Waals surface area contributed by atoms with Crippen molar-refractivity contribution in [2.24, 2.45) is 0 Å². The summed E-state index contributed by atoms with van der Waals surface area (Å²) in [5.74, 6) is 0. The van der Waals surface area contributed by atoms with Crippen LogP contribution in [0.3, 0.4) is 0 Å². The van der Waals surface area contributed by atoms with Gasteiger partial charge in [-0.3, -0.25) is 0 Å². The third kappa shape index (κ3) is 20.5. The van der Waals surface area contributed by atoms with Crippen molar-refractivity contribution in [3.63, 3.8) is 0 Å². The van der Waals surface area contributed by atoms with Crippen LogP contribution in [-0.2, 0) is 10.5 Å². The summed E-state index contributed by atoms with van der Waals surface area (Å²) >= 11 is 4.80. The molecular formula is C8H19I2IrOP. The molecule has 0 aromatic carbocycles. The Hall–Kier alpha value is 2.50. The van der Waals surface area contributed by atoms with E-state index in [1.54, 1.807) is 0 Å². The summed E-state index contributed by atoms with van der Waals surface area (Å²) in [6.07, 6.45) is 6.95. The van der Waals surface area contributed by atoms with Crippen LogP contribution in [0.25, 0.3) is 0 Å². The maximum absolute atomic E-state index is 9.38. The second kappa shape index (κ2) is 16.9. The third-order valence-corrected chi connectivity index (χ3v) is 3.20. The Morgan fingerprint density at radius 2 is 1.38 bits per heavy atom. The van der Waals surface area contributed by atoms with Gasteiger partial charge >= 0.3 is 49.7 Å². The van der Waals surface area contributed by atoms with E-state index >= 15 is 0 Å². The molecule has 1 N–H and O–H groups in total. The summed E-state index contributed by atoms with van der Waals surface area (Å²) in [6.45, 7) is 4.34. The molecule has 0 aromatic rings. The van der Waals surface area contributed by atoms with Crippen LogP contribution in [0.4, 0.5) is 0 Å². The summed E-state index contributed by atoms with van der Waals surface area (Å²) < 4.78 is 0. The van der Waals surface area contributed by atoms with Gasteiger partial charge in [0.25, 0.3) is 0 Å². The van der Waals surface area contributed by atoms with Gasteiger partial charge in [0.15, 0.2) is 0 Å². The van der Waals surface area contributed by atoms with Crippen molar-refractivity contribution in [3.05, 3.63) is 0 Å². The van der Waals surface area contributed by atoms with E-state index in [-0.39, 0.29) is 0 Å². The van der Waals surface area contributed by atoms with Crippen molar-refractivity contribution >= 4 is 47.3 Å². The van der Waals surface area contributed by atoms with Gasteiger partial charge in [0.05, 0.1) is 0 Å². The van der Waals surface area contributed by atoms with Gasteiger partial charge in [0.1, 0.15) is 0 Å². The molecule has 13 heavy (non-hydrogen) atoms. The van der Waals surface area contributed by atoms with Crippen LogP contribution >= 0.6 is 47.3 Å². The zero-order valence-electron chi connectivity index (χ0n) is 8.23. The molecule has 0 rings (SSSR count). The number of hydrogen-bond donors (Lipinski definition) is 1. The summed E-state index contributed by atoms with van der Waals surface area (Å²) in [4.78, 5) is 9.38. The Labute approximate surface area is 113 Å². The second-order valence-electron chi connectivity index (χ2n) is 2.71. The van der Waals surface area contributed by atoms with Gasteiger partial charge in [-0.2, -0.15) is 0 Å². The average molecular weight is 608 g/mol. The Bertz CT molecular complexity index is 80.5. The minimum atomic E-state index is -0.592. The molecule has 0 fully saturated rings. The fourth-order valence-electron chi connectivity index (χ4n) is 0.793. The van der Waals surface area contributed by atoms with Gasteiger partial charge in [-0.1, -0.05) is 26.7 Å². The fourth-order valence-corrected chi connectivity index (χ4v) is 2.38. The number of unbranched alkanes of at least 4 members (excludes halogenated alkanes) is 2. The molecule has 0 aliphatic heterocycles. The molecule has 0 spiro atoms. The second-order valence-corrected chi connectivity index (χ2v) is 22.1. The average Bonchev–Trinajstić information content (AvgIpc) is 2.12. The van der Waals surface area contributed by atoms with E-state index in [1.165, 1.54) is 25.7 Å². The first-order chi connectivity index (χ1) is 6.22. The van der Waals surface area contributed by atoms with E-state index < -0.39 is 8.15 Å². The van der Waals surface area contributed by atoms with Gasteiger partial charge in [-0.05, 0) is 25.2 Å². The first-order valence-corrected chi connectivity index (χ1v) is 19.7. The predicted molar refractivity (Wildman–Crippen MR) is 76.7 cm³/mol. The van der Waals surface area contributed by atoms with Crippen molar-refractivity contribution in [2.45, 2.75) is 39.5 Å². The van der Waals surface area contributed by atoms with Crippen LogP contribution in [-0.4, -0.2) is 17.2 Å². The Balaban J connectivity index is 0. The molecule has 0 amide bonds. The minimum absolute atomic E-state index is 0.440. The molecule has 0 radical (unpaired) electrons. The molecule has 0 saturated carbocycles. The van der Waals surface area contributed by atoms with Crippen molar-refractivity contribution in [3.8, 4) is 0 Å². The predicted octanol–water partition coefficient (Wildman–Crippen LogP) is 4.74.